The van der Waals surface area contributed by atoms with Crippen molar-refractivity contribution in [2.24, 2.45) is 16.2 Å². The van der Waals surface area contributed by atoms with Crippen molar-refractivity contribution in [1.82, 2.24) is 0 Å². The summed E-state index contributed by atoms with van der Waals surface area (Å²) in [5.41, 5.74) is -19.0. The highest BCUT2D eigenvalue weighted by atomic mass is 19.3. The molecule has 61 heteroatoms. The lowest BCUT2D eigenvalue weighted by Gasteiger charge is -2.50. The average Bonchev–Trinajstić information content (AvgIpc) is 0.683. The second-order valence-corrected chi connectivity index (χ2v) is 28.6. The molecular formula is C79H88F34O27. The lowest BCUT2D eigenvalue weighted by Crippen LogP contribution is -2.72. The molecule has 0 saturated carbocycles. The lowest BCUT2D eigenvalue weighted by molar-refractivity contribution is -0.562. The van der Waals surface area contributed by atoms with Gasteiger partial charge < -0.3 is 66.3 Å². The highest BCUT2D eigenvalue weighted by Crippen LogP contribution is 2.66. The van der Waals surface area contributed by atoms with Crippen LogP contribution in [0.1, 0.15) is 83.5 Å². The molecule has 0 rings (SSSR count). The minimum absolute atomic E-state index is 0.0395. The van der Waals surface area contributed by atoms with Crippen molar-refractivity contribution in [3.8, 4) is 0 Å². The summed E-state index contributed by atoms with van der Waals surface area (Å²) in [5.74, 6) is -60.6. The van der Waals surface area contributed by atoms with E-state index in [0.717, 1.165) is 0 Å². The van der Waals surface area contributed by atoms with Crippen molar-refractivity contribution in [2.45, 2.75) is 186 Å². The lowest BCUT2D eigenvalue weighted by atomic mass is 9.65. The molecule has 140 heavy (non-hydrogen) atoms. The van der Waals surface area contributed by atoms with E-state index >= 15 is 87.8 Å². The van der Waals surface area contributed by atoms with Crippen LogP contribution < -0.4 is 0 Å². The third kappa shape index (κ3) is 44.7. The summed E-state index contributed by atoms with van der Waals surface area (Å²) in [6.45, 7) is -12.8. The van der Waals surface area contributed by atoms with Crippen LogP contribution >= 0.6 is 0 Å². The predicted octanol–water partition coefficient (Wildman–Crippen LogP) is 17.9. The zero-order valence-corrected chi connectivity index (χ0v) is 72.2. The summed E-state index contributed by atoms with van der Waals surface area (Å²) in [4.78, 5) is 113. The van der Waals surface area contributed by atoms with Gasteiger partial charge in [0.1, 0.15) is 19.8 Å². The van der Waals surface area contributed by atoms with E-state index in [1.165, 1.54) is 0 Å². The first kappa shape index (κ1) is 131. The molecule has 27 nitrogen and oxygen atoms in total. The van der Waals surface area contributed by atoms with Crippen molar-refractivity contribution in [2.75, 3.05) is 106 Å². The fourth-order valence-corrected chi connectivity index (χ4v) is 10.4. The number of ether oxygens (including phenoxy) is 17. The first-order chi connectivity index (χ1) is 63.6. The Bertz CT molecular complexity index is 4070. The molecule has 0 amide bonds. The third-order valence-corrected chi connectivity index (χ3v) is 17.5. The number of rotatable bonds is 74. The molecule has 0 aliphatic carbocycles. The van der Waals surface area contributed by atoms with Gasteiger partial charge in [0.25, 0.3) is 41.0 Å². The normalized spacial score (nSPS) is 14.1. The number of esters is 10. The molecule has 0 fully saturated rings. The Kier molecular flexibility index (Phi) is 51.3. The van der Waals surface area contributed by atoms with Crippen LogP contribution in [0, 0.1) is 16.2 Å². The summed E-state index contributed by atoms with van der Waals surface area (Å²) in [6.07, 6.45) is -82.1. The summed E-state index contributed by atoms with van der Waals surface area (Å²) in [5, 5.41) is 0. The van der Waals surface area contributed by atoms with Gasteiger partial charge >= 0.3 is 126 Å². The molecule has 2 unspecified atom stereocenters. The number of halogens is 34. The number of hydrogen-bond acceptors (Lipinski definition) is 27. The zero-order chi connectivity index (χ0) is 109. The summed E-state index contributed by atoms with van der Waals surface area (Å²) in [6, 6.07) is 0. The molecule has 2 atom stereocenters. The van der Waals surface area contributed by atoms with Gasteiger partial charge in [-0.2, -0.15) is 70.2 Å². The Morgan fingerprint density at radius 1 is 0.200 bits per heavy atom. The van der Waals surface area contributed by atoms with Gasteiger partial charge in [-0.25, -0.2) is 127 Å². The Hall–Kier alpha value is -10.6. The highest BCUT2D eigenvalue weighted by Gasteiger charge is 2.88. The van der Waals surface area contributed by atoms with Gasteiger partial charge in [0.2, 0.25) is 0 Å². The Balaban J connectivity index is 0. The van der Waals surface area contributed by atoms with Gasteiger partial charge in [-0.3, -0.25) is 14.2 Å². The van der Waals surface area contributed by atoms with Gasteiger partial charge in [0, 0.05) is 86.4 Å². The molecule has 0 radical (unpaired) electrons. The first-order valence-electron chi connectivity index (χ1n) is 38.5. The number of carbonyl (C=O) groups excluding carboxylic acids is 10. The van der Waals surface area contributed by atoms with Crippen LogP contribution in [0.3, 0.4) is 0 Å². The van der Waals surface area contributed by atoms with E-state index in [1.807, 2.05) is 0 Å². The smallest absolute Gasteiger partial charge is 0.385 e. The third-order valence-electron chi connectivity index (χ3n) is 17.5. The van der Waals surface area contributed by atoms with E-state index in [-0.39, 0.29) is 36.5 Å². The first-order valence-corrected chi connectivity index (χ1v) is 38.5. The maximum absolute atomic E-state index is 17.3. The van der Waals surface area contributed by atoms with Gasteiger partial charge in [-0.15, -0.1) is 0 Å². The van der Waals surface area contributed by atoms with Crippen LogP contribution in [0.5, 0.6) is 0 Å². The van der Waals surface area contributed by atoms with Crippen molar-refractivity contribution >= 4 is 59.7 Å². The minimum atomic E-state index is -8.43. The highest BCUT2D eigenvalue weighted by molar-refractivity contribution is 5.84. The number of hydrogen-bond donors (Lipinski definition) is 0. The molecule has 804 valence electrons. The average molecular weight is 2120 g/mol. The molecule has 0 aliphatic heterocycles. The predicted molar refractivity (Wildman–Crippen MR) is 400 cm³/mol. The monoisotopic (exact) mass is 2110 g/mol. The number of carbonyl (C=O) groups is 10. The largest absolute Gasteiger partial charge is 0.462 e. The second-order valence-electron chi connectivity index (χ2n) is 28.6. The summed E-state index contributed by atoms with van der Waals surface area (Å²) >= 11 is 0. The van der Waals surface area contributed by atoms with E-state index in [1.54, 1.807) is 0 Å². The molecule has 0 heterocycles. The Morgan fingerprint density at radius 2 is 0.443 bits per heavy atom. The van der Waals surface area contributed by atoms with Crippen molar-refractivity contribution in [3.05, 3.63) is 127 Å². The summed E-state index contributed by atoms with van der Waals surface area (Å²) in [7, 11) is 0. The zero-order valence-electron chi connectivity index (χ0n) is 72.2. The number of alkyl halides is 34. The molecule has 0 aromatic rings. The molecule has 0 N–H and O–H groups in total. The molecule has 0 aliphatic rings. The van der Waals surface area contributed by atoms with Crippen molar-refractivity contribution in [1.29, 1.82) is 0 Å². The quantitative estimate of drug-likeness (QED) is 0.0236. The van der Waals surface area contributed by atoms with Crippen LogP contribution in [0.15, 0.2) is 127 Å². The van der Waals surface area contributed by atoms with Gasteiger partial charge in [-0.1, -0.05) is 65.8 Å². The van der Waals surface area contributed by atoms with Crippen molar-refractivity contribution in [3.63, 3.8) is 0 Å². The summed E-state index contributed by atoms with van der Waals surface area (Å²) < 4.78 is 598. The Labute approximate surface area is 769 Å². The van der Waals surface area contributed by atoms with E-state index in [4.69, 9.17) is 0 Å². The van der Waals surface area contributed by atoms with Crippen LogP contribution in [0.25, 0.3) is 0 Å². The maximum Gasteiger partial charge on any atom is 0.385 e. The molecule has 0 aromatic heterocycles. The van der Waals surface area contributed by atoms with Crippen LogP contribution in [-0.4, -0.2) is 268 Å². The van der Waals surface area contributed by atoms with Gasteiger partial charge in [0.15, 0.2) is 38.4 Å². The SMILES string of the molecule is C=CC(=O)OCCC(F)(F)CC(F)(F)C(CCCC(F)(F)COC(=O)C=C)(CCCC(F)(F)COC(=O)C=C)C(F)(F)CC(F)(F)CCOC(=O)C=C.C=CC(=O)OCCC(F)(F)OCC(COCC(F)(F)COC(=O)C=C)(C(F)(F)OC(F)(F)CCOC(=O)C=C)C(F)(F)OC(F)(F)C(COCC(F)(F)COC(=O)C=C)(C(F)(F)OCC(F)(F)COC(=O)C=C)C(F)(F)OC(F)(F)CCOC(=O)C=C. The molecule has 0 bridgehead atoms. The van der Waals surface area contributed by atoms with E-state index in [0.29, 0.717) is 24.3 Å². The topological polar surface area (TPSA) is 328 Å². The molecule has 0 spiro atoms. The van der Waals surface area contributed by atoms with Crippen molar-refractivity contribution < 1.29 is 278 Å². The van der Waals surface area contributed by atoms with Crippen LogP contribution in [0.4, 0.5) is 149 Å². The fourth-order valence-electron chi connectivity index (χ4n) is 10.4. The minimum Gasteiger partial charge on any atom is -0.462 e. The van der Waals surface area contributed by atoms with Crippen LogP contribution in [0.2, 0.25) is 0 Å². The van der Waals surface area contributed by atoms with Gasteiger partial charge in [0.05, 0.1) is 90.4 Å². The second kappa shape index (κ2) is 54.6. The standard InChI is InChI=1S/C46H48F22O19.C33H40F12O8/c1-7-28(69)77-16-13-39(53,54)83-20-34(19-75-21-35(47,48)23-80-31(72)10-4,42(59,60)85-40(55,56)14-17-78-29(70)8-2)43(61,62)87-46(67,68)38(27-76-22-36(49,50)24-81-32(73)11-5,44(63,64)84-26-37(51,52)25-82-33(74)12-6)45(65,66)86-41(57,58)15-18-79-30(71)9-3;1-5-23(46)50-17-15-28(34,35)19-32(42,43)27(11-9-13-30(38,39)21-52-25(48)7-3,12-10-14-31(40,41)22-53-26(49)8-4)33(44,45)20-29(36,37)16-18-51-24(47)6-2/h7-12H,1-6,13-27H2;5-8H,1-4,9-22H2. The fraction of sp³-hybridized carbons (Fsp3) is 0.620. The van der Waals surface area contributed by atoms with Crippen LogP contribution in [-0.2, 0) is 128 Å². The molecule has 0 saturated heterocycles. The molecule has 0 aromatic carbocycles. The van der Waals surface area contributed by atoms with E-state index < -0.39 is 367 Å². The maximum atomic E-state index is 17.3. The van der Waals surface area contributed by atoms with E-state index in [9.17, 15) is 109 Å². The van der Waals surface area contributed by atoms with E-state index in [2.05, 4.69) is 146 Å². The molecular weight excluding hydrogens is 2030 g/mol. The van der Waals surface area contributed by atoms with Gasteiger partial charge in [-0.05, 0) is 25.7 Å². The Morgan fingerprint density at radius 3 is 0.743 bits per heavy atom.